The Morgan fingerprint density at radius 2 is 1.52 bits per heavy atom. The zero-order valence-electron chi connectivity index (χ0n) is 12.7. The summed E-state index contributed by atoms with van der Waals surface area (Å²) in [7, 11) is 0. The molecular weight excluding hydrogens is 290 g/mol. The van der Waals surface area contributed by atoms with E-state index >= 15 is 0 Å². The molecule has 0 bridgehead atoms. The summed E-state index contributed by atoms with van der Waals surface area (Å²) in [6.07, 6.45) is 2.35. The molecule has 0 N–H and O–H groups in total. The second-order valence-electron chi connectivity index (χ2n) is 5.96. The van der Waals surface area contributed by atoms with Gasteiger partial charge in [0.15, 0.2) is 0 Å². The van der Waals surface area contributed by atoms with Gasteiger partial charge in [-0.15, -0.1) is 0 Å². The van der Waals surface area contributed by atoms with Gasteiger partial charge < -0.3 is 14.2 Å². The number of rotatable bonds is 6. The molecule has 2 aliphatic heterocycles. The van der Waals surface area contributed by atoms with Crippen LogP contribution in [0, 0.1) is 11.3 Å². The summed E-state index contributed by atoms with van der Waals surface area (Å²) < 4.78 is 16.9. The Morgan fingerprint density at radius 1 is 0.957 bits per heavy atom. The van der Waals surface area contributed by atoms with E-state index in [-0.39, 0.29) is 0 Å². The summed E-state index contributed by atoms with van der Waals surface area (Å²) in [5, 5.41) is 8.90. The number of epoxide rings is 2. The Balaban J connectivity index is 1.63. The van der Waals surface area contributed by atoms with Crippen LogP contribution in [0.4, 0.5) is 0 Å². The quantitative estimate of drug-likeness (QED) is 0.769. The van der Waals surface area contributed by atoms with E-state index in [1.807, 2.05) is 12.1 Å². The Labute approximate surface area is 135 Å². The SMILES string of the molecule is N#Cc1ccc(Oc2c(CC3CO3)cccc2CC2CO2)cc1. The van der Waals surface area contributed by atoms with Crippen LogP contribution < -0.4 is 4.74 Å². The molecule has 0 amide bonds. The lowest BCUT2D eigenvalue weighted by atomic mass is 10.0. The molecule has 4 heteroatoms. The van der Waals surface area contributed by atoms with Crippen LogP contribution in [0.1, 0.15) is 16.7 Å². The fraction of sp³-hybridized carbons (Fsp3) is 0.316. The lowest BCUT2D eigenvalue weighted by Gasteiger charge is -2.15. The van der Waals surface area contributed by atoms with Gasteiger partial charge in [0.05, 0.1) is 37.1 Å². The van der Waals surface area contributed by atoms with Crippen LogP contribution in [-0.4, -0.2) is 25.4 Å². The number of ether oxygens (including phenoxy) is 3. The highest BCUT2D eigenvalue weighted by atomic mass is 16.6. The molecule has 0 aromatic heterocycles. The zero-order chi connectivity index (χ0) is 15.6. The second kappa shape index (κ2) is 6.04. The predicted octanol–water partition coefficient (Wildman–Crippen LogP) is 3.23. The van der Waals surface area contributed by atoms with Gasteiger partial charge in [0.25, 0.3) is 0 Å². The van der Waals surface area contributed by atoms with Crippen molar-refractivity contribution in [2.75, 3.05) is 13.2 Å². The van der Waals surface area contributed by atoms with E-state index in [4.69, 9.17) is 19.5 Å². The van der Waals surface area contributed by atoms with Crippen LogP contribution in [0.2, 0.25) is 0 Å². The lowest BCUT2D eigenvalue weighted by molar-refractivity contribution is 0.397. The second-order valence-corrected chi connectivity index (χ2v) is 5.96. The summed E-state index contributed by atoms with van der Waals surface area (Å²) in [6.45, 7) is 1.65. The van der Waals surface area contributed by atoms with Crippen LogP contribution >= 0.6 is 0 Å². The zero-order valence-corrected chi connectivity index (χ0v) is 12.7. The monoisotopic (exact) mass is 307 g/mol. The molecule has 2 unspecified atom stereocenters. The molecule has 2 saturated heterocycles. The minimum Gasteiger partial charge on any atom is -0.457 e. The van der Waals surface area contributed by atoms with Crippen molar-refractivity contribution in [2.24, 2.45) is 0 Å². The van der Waals surface area contributed by atoms with Gasteiger partial charge >= 0.3 is 0 Å². The molecule has 4 nitrogen and oxygen atoms in total. The minimum absolute atomic E-state index is 0.311. The van der Waals surface area contributed by atoms with Crippen molar-refractivity contribution in [3.8, 4) is 17.6 Å². The molecule has 0 spiro atoms. The molecule has 4 rings (SSSR count). The number of para-hydroxylation sites is 1. The van der Waals surface area contributed by atoms with Crippen LogP contribution in [0.15, 0.2) is 42.5 Å². The van der Waals surface area contributed by atoms with Crippen LogP contribution in [0.3, 0.4) is 0 Å². The standard InChI is InChI=1S/C19H17NO3/c20-10-13-4-6-16(7-5-13)23-19-14(8-17-11-21-17)2-1-3-15(19)9-18-12-22-18/h1-7,17-18H,8-9,11-12H2. The first-order valence-electron chi connectivity index (χ1n) is 7.84. The van der Waals surface area contributed by atoms with Gasteiger partial charge in [0.2, 0.25) is 0 Å². The molecule has 2 atom stereocenters. The van der Waals surface area contributed by atoms with E-state index in [1.54, 1.807) is 12.1 Å². The van der Waals surface area contributed by atoms with Gasteiger partial charge in [0, 0.05) is 12.8 Å². The highest BCUT2D eigenvalue weighted by molar-refractivity contribution is 5.46. The molecule has 0 saturated carbocycles. The molecule has 2 aliphatic rings. The highest BCUT2D eigenvalue weighted by Gasteiger charge is 2.28. The Hall–Kier alpha value is -2.35. The molecule has 2 aromatic rings. The molecular formula is C19H17NO3. The summed E-state index contributed by atoms with van der Waals surface area (Å²) in [5.74, 6) is 1.65. The fourth-order valence-electron chi connectivity index (χ4n) is 2.67. The Kier molecular flexibility index (Phi) is 3.74. The minimum atomic E-state index is 0.311. The molecule has 23 heavy (non-hydrogen) atoms. The van der Waals surface area contributed by atoms with E-state index in [9.17, 15) is 0 Å². The van der Waals surface area contributed by atoms with E-state index < -0.39 is 0 Å². The van der Waals surface area contributed by atoms with Crippen molar-refractivity contribution in [2.45, 2.75) is 25.0 Å². The largest absolute Gasteiger partial charge is 0.457 e. The van der Waals surface area contributed by atoms with Crippen molar-refractivity contribution in [3.05, 3.63) is 59.2 Å². The maximum absolute atomic E-state index is 8.90. The van der Waals surface area contributed by atoms with Gasteiger partial charge in [-0.2, -0.15) is 5.26 Å². The van der Waals surface area contributed by atoms with E-state index in [2.05, 4.69) is 24.3 Å². The van der Waals surface area contributed by atoms with E-state index in [1.165, 1.54) is 0 Å². The maximum atomic E-state index is 8.90. The first-order chi connectivity index (χ1) is 11.3. The van der Waals surface area contributed by atoms with Gasteiger partial charge in [-0.1, -0.05) is 18.2 Å². The van der Waals surface area contributed by atoms with Gasteiger partial charge in [-0.05, 0) is 35.4 Å². The number of nitriles is 1. The Bertz CT molecular complexity index is 708. The van der Waals surface area contributed by atoms with Crippen LogP contribution in [0.5, 0.6) is 11.5 Å². The highest BCUT2D eigenvalue weighted by Crippen LogP contribution is 2.34. The number of hydrogen-bond acceptors (Lipinski definition) is 4. The number of nitrogens with zero attached hydrogens (tertiary/aromatic N) is 1. The summed E-state index contributed by atoms with van der Waals surface area (Å²) in [4.78, 5) is 0. The van der Waals surface area contributed by atoms with Crippen molar-refractivity contribution in [1.29, 1.82) is 5.26 Å². The van der Waals surface area contributed by atoms with Crippen molar-refractivity contribution < 1.29 is 14.2 Å². The van der Waals surface area contributed by atoms with Gasteiger partial charge in [0.1, 0.15) is 11.5 Å². The average molecular weight is 307 g/mol. The maximum Gasteiger partial charge on any atom is 0.133 e. The third kappa shape index (κ3) is 3.53. The first kappa shape index (κ1) is 14.3. The molecule has 2 aromatic carbocycles. The first-order valence-corrected chi connectivity index (χ1v) is 7.84. The predicted molar refractivity (Wildman–Crippen MR) is 84.6 cm³/mol. The lowest BCUT2D eigenvalue weighted by Crippen LogP contribution is -2.03. The van der Waals surface area contributed by atoms with E-state index in [0.29, 0.717) is 17.8 Å². The van der Waals surface area contributed by atoms with Crippen molar-refractivity contribution >= 4 is 0 Å². The third-order valence-electron chi connectivity index (χ3n) is 4.08. The summed E-state index contributed by atoms with van der Waals surface area (Å²) >= 11 is 0. The van der Waals surface area contributed by atoms with Crippen molar-refractivity contribution in [3.63, 3.8) is 0 Å². The summed E-state index contributed by atoms with van der Waals surface area (Å²) in [5.41, 5.74) is 2.95. The van der Waals surface area contributed by atoms with Crippen LogP contribution in [0.25, 0.3) is 0 Å². The smallest absolute Gasteiger partial charge is 0.133 e. The fourth-order valence-corrected chi connectivity index (χ4v) is 2.67. The number of benzene rings is 2. The van der Waals surface area contributed by atoms with Crippen LogP contribution in [-0.2, 0) is 22.3 Å². The topological polar surface area (TPSA) is 58.1 Å². The third-order valence-corrected chi connectivity index (χ3v) is 4.08. The van der Waals surface area contributed by atoms with Crippen molar-refractivity contribution in [1.82, 2.24) is 0 Å². The van der Waals surface area contributed by atoms with E-state index in [0.717, 1.165) is 48.7 Å². The normalized spacial score (nSPS) is 21.5. The molecule has 2 heterocycles. The Morgan fingerprint density at radius 3 is 2.00 bits per heavy atom. The van der Waals surface area contributed by atoms with Gasteiger partial charge in [-0.25, -0.2) is 0 Å². The molecule has 116 valence electrons. The number of hydrogen-bond donors (Lipinski definition) is 0. The summed E-state index contributed by atoms with van der Waals surface area (Å²) in [6, 6.07) is 15.6. The molecule has 0 radical (unpaired) electrons. The average Bonchev–Trinajstić information content (AvgIpc) is 3.47. The molecule has 0 aliphatic carbocycles. The van der Waals surface area contributed by atoms with Gasteiger partial charge in [-0.3, -0.25) is 0 Å². The molecule has 2 fully saturated rings.